The van der Waals surface area contributed by atoms with Gasteiger partial charge in [0.05, 0.1) is 12.1 Å². The number of nitrogens with two attached hydrogens (primary N) is 3. The van der Waals surface area contributed by atoms with Gasteiger partial charge < -0.3 is 42.4 Å². The first-order chi connectivity index (χ1) is 21.2. The van der Waals surface area contributed by atoms with Gasteiger partial charge >= 0.3 is 13.9 Å². The second-order valence-electron chi connectivity index (χ2n) is 10.6. The van der Waals surface area contributed by atoms with Crippen molar-refractivity contribution in [1.82, 2.24) is 16.0 Å². The molecule has 1 aliphatic carbocycles. The number of carbonyl (C=O) groups is 5. The van der Waals surface area contributed by atoms with Crippen LogP contribution in [0.25, 0.3) is 0 Å². The molecule has 17 heteroatoms. The lowest BCUT2D eigenvalue weighted by Crippen LogP contribution is -2.65. The number of hydrogen-bond acceptors (Lipinski definition) is 9. The summed E-state index contributed by atoms with van der Waals surface area (Å²) in [5.41, 5.74) is 15.9. The van der Waals surface area contributed by atoms with E-state index in [0.717, 1.165) is 6.42 Å². The standard InChI is InChI=1S/C28H37N6O10P/c29-19-13-18(9-10-22(19)44-45(40,41)42)14-21(33-27(39)43-16-17-7-3-1-4-8-17)25(37)34-28(11-5-2-6-12-28)26(38)32-20(24(31)36)15-23(30)35/h1,3-4,7-10,13,20-21H,2,5-6,11-12,14-16,29H2,(H2,30,35)(H2,31,36)(H,32,38)(H,33,39)(H,34,37)(H2,40,41,42)/t20-,21-/m0/s1. The van der Waals surface area contributed by atoms with Crippen LogP contribution in [0.1, 0.15) is 49.7 Å². The van der Waals surface area contributed by atoms with E-state index >= 15 is 0 Å². The van der Waals surface area contributed by atoms with Crippen LogP contribution in [-0.4, -0.2) is 57.1 Å². The molecule has 0 heterocycles. The minimum atomic E-state index is -4.90. The molecule has 3 rings (SSSR count). The number of hydrogen-bond donors (Lipinski definition) is 8. The predicted molar refractivity (Wildman–Crippen MR) is 160 cm³/mol. The number of phosphoric ester groups is 1. The van der Waals surface area contributed by atoms with Crippen molar-refractivity contribution in [2.45, 2.75) is 69.2 Å². The van der Waals surface area contributed by atoms with Gasteiger partial charge in [0, 0.05) is 6.42 Å². The summed E-state index contributed by atoms with van der Waals surface area (Å²) < 4.78 is 21.1. The van der Waals surface area contributed by atoms with E-state index in [1.54, 1.807) is 30.3 Å². The molecule has 2 aromatic carbocycles. The number of primary amides is 2. The summed E-state index contributed by atoms with van der Waals surface area (Å²) in [6.07, 6.45) is 0.617. The van der Waals surface area contributed by atoms with Crippen LogP contribution in [0.3, 0.4) is 0 Å². The number of benzene rings is 2. The summed E-state index contributed by atoms with van der Waals surface area (Å²) in [5.74, 6) is -3.65. The van der Waals surface area contributed by atoms with Gasteiger partial charge in [0.2, 0.25) is 23.6 Å². The fraction of sp³-hybridized carbons (Fsp3) is 0.393. The average Bonchev–Trinajstić information content (AvgIpc) is 2.97. The highest BCUT2D eigenvalue weighted by Gasteiger charge is 2.43. The Morgan fingerprint density at radius 1 is 0.911 bits per heavy atom. The molecule has 0 aliphatic heterocycles. The molecule has 2 atom stereocenters. The van der Waals surface area contributed by atoms with Crippen LogP contribution in [0, 0.1) is 0 Å². The molecular weight excluding hydrogens is 611 g/mol. The van der Waals surface area contributed by atoms with Crippen molar-refractivity contribution in [2.24, 2.45) is 11.5 Å². The molecule has 0 bridgehead atoms. The van der Waals surface area contributed by atoms with E-state index < -0.39 is 61.6 Å². The zero-order chi connectivity index (χ0) is 33.2. The molecular formula is C28H37N6O10P. The normalized spacial score (nSPS) is 15.5. The van der Waals surface area contributed by atoms with Gasteiger partial charge in [-0.2, -0.15) is 0 Å². The van der Waals surface area contributed by atoms with Gasteiger partial charge in [0.25, 0.3) is 0 Å². The molecule has 0 aromatic heterocycles. The summed E-state index contributed by atoms with van der Waals surface area (Å²) in [7, 11) is -4.90. The van der Waals surface area contributed by atoms with Crippen LogP contribution in [-0.2, 0) is 41.5 Å². The van der Waals surface area contributed by atoms with Gasteiger partial charge in [-0.05, 0) is 36.1 Å². The molecule has 1 aliphatic rings. The second-order valence-corrected chi connectivity index (χ2v) is 11.8. The highest BCUT2D eigenvalue weighted by atomic mass is 31.2. The first kappa shape index (κ1) is 34.8. The molecule has 0 radical (unpaired) electrons. The molecule has 16 nitrogen and oxygen atoms in total. The minimum absolute atomic E-state index is 0.0942. The summed E-state index contributed by atoms with van der Waals surface area (Å²) in [6, 6.07) is 9.98. The van der Waals surface area contributed by atoms with Gasteiger partial charge in [0.15, 0.2) is 5.75 Å². The monoisotopic (exact) mass is 648 g/mol. The van der Waals surface area contributed by atoms with Crippen LogP contribution in [0.5, 0.6) is 5.75 Å². The van der Waals surface area contributed by atoms with E-state index in [2.05, 4.69) is 20.5 Å². The van der Waals surface area contributed by atoms with E-state index in [1.165, 1.54) is 18.2 Å². The van der Waals surface area contributed by atoms with Crippen LogP contribution in [0.4, 0.5) is 10.5 Å². The maximum Gasteiger partial charge on any atom is 0.524 e. The van der Waals surface area contributed by atoms with Gasteiger partial charge in [-0.15, -0.1) is 0 Å². The quantitative estimate of drug-likeness (QED) is 0.101. The first-order valence-corrected chi connectivity index (χ1v) is 15.5. The van der Waals surface area contributed by atoms with Gasteiger partial charge in [0.1, 0.15) is 24.2 Å². The molecule has 11 N–H and O–H groups in total. The third kappa shape index (κ3) is 10.8. The number of anilines is 1. The third-order valence-electron chi connectivity index (χ3n) is 7.11. The molecule has 1 saturated carbocycles. The van der Waals surface area contributed by atoms with Gasteiger partial charge in [-0.25, -0.2) is 9.36 Å². The van der Waals surface area contributed by atoms with Crippen molar-refractivity contribution in [3.05, 3.63) is 59.7 Å². The number of carbonyl (C=O) groups excluding carboxylic acids is 5. The summed E-state index contributed by atoms with van der Waals surface area (Å²) in [6.45, 7) is -0.0942. The number of alkyl carbamates (subject to hydrolysis) is 1. The van der Waals surface area contributed by atoms with Crippen molar-refractivity contribution in [2.75, 3.05) is 5.73 Å². The van der Waals surface area contributed by atoms with Crippen molar-refractivity contribution >= 4 is 43.2 Å². The molecule has 0 unspecified atom stereocenters. The van der Waals surface area contributed by atoms with E-state index in [-0.39, 0.29) is 37.3 Å². The summed E-state index contributed by atoms with van der Waals surface area (Å²) >= 11 is 0. The average molecular weight is 649 g/mol. The van der Waals surface area contributed by atoms with E-state index in [1.807, 2.05) is 0 Å². The van der Waals surface area contributed by atoms with Crippen LogP contribution in [0.15, 0.2) is 48.5 Å². The number of phosphoric acid groups is 1. The van der Waals surface area contributed by atoms with Crippen LogP contribution >= 0.6 is 7.82 Å². The summed E-state index contributed by atoms with van der Waals surface area (Å²) in [5, 5.41) is 7.67. The number of amides is 5. The lowest BCUT2D eigenvalue weighted by atomic mass is 9.80. The summed E-state index contributed by atoms with van der Waals surface area (Å²) in [4.78, 5) is 81.7. The van der Waals surface area contributed by atoms with Crippen LogP contribution < -0.4 is 37.7 Å². The molecule has 5 amide bonds. The maximum atomic E-state index is 13.8. The number of nitrogen functional groups attached to an aromatic ring is 1. The zero-order valence-corrected chi connectivity index (χ0v) is 25.2. The van der Waals surface area contributed by atoms with Gasteiger partial charge in [-0.3, -0.25) is 29.0 Å². The number of rotatable bonds is 14. The fourth-order valence-electron chi connectivity index (χ4n) is 4.90. The molecule has 1 fully saturated rings. The lowest BCUT2D eigenvalue weighted by Gasteiger charge is -2.38. The topological polar surface area (TPSA) is 275 Å². The SMILES string of the molecule is NC(=O)C[C@H](NC(=O)C1(NC(=O)[C@H](Cc2ccc(OP(=O)(O)O)c(N)c2)NC(=O)OCc2ccccc2)CCCCC1)C(N)=O. The Bertz CT molecular complexity index is 1440. The first-order valence-electron chi connectivity index (χ1n) is 14.0. The smallest absolute Gasteiger partial charge is 0.445 e. The maximum absolute atomic E-state index is 13.8. The lowest BCUT2D eigenvalue weighted by molar-refractivity contribution is -0.138. The number of nitrogens with one attached hydrogen (secondary N) is 3. The second kappa shape index (κ2) is 15.4. The van der Waals surface area contributed by atoms with Crippen molar-refractivity contribution in [3.63, 3.8) is 0 Å². The molecule has 2 aromatic rings. The Morgan fingerprint density at radius 3 is 2.16 bits per heavy atom. The Balaban J connectivity index is 1.86. The molecule has 45 heavy (non-hydrogen) atoms. The predicted octanol–water partition coefficient (Wildman–Crippen LogP) is 0.242. The van der Waals surface area contributed by atoms with Crippen molar-refractivity contribution in [1.29, 1.82) is 0 Å². The van der Waals surface area contributed by atoms with E-state index in [0.29, 0.717) is 24.0 Å². The van der Waals surface area contributed by atoms with E-state index in [9.17, 15) is 28.5 Å². The highest BCUT2D eigenvalue weighted by molar-refractivity contribution is 7.46. The Hall–Kier alpha value is -4.66. The molecule has 0 saturated heterocycles. The highest BCUT2D eigenvalue weighted by Crippen LogP contribution is 2.40. The molecule has 0 spiro atoms. The molecule has 244 valence electrons. The zero-order valence-electron chi connectivity index (χ0n) is 24.3. The third-order valence-corrected chi connectivity index (χ3v) is 7.55. The van der Waals surface area contributed by atoms with Crippen LogP contribution in [0.2, 0.25) is 0 Å². The van der Waals surface area contributed by atoms with Gasteiger partial charge in [-0.1, -0.05) is 55.7 Å². The Kier molecular flexibility index (Phi) is 11.9. The largest absolute Gasteiger partial charge is 0.524 e. The fourth-order valence-corrected chi connectivity index (χ4v) is 5.32. The minimum Gasteiger partial charge on any atom is -0.445 e. The van der Waals surface area contributed by atoms with Crippen molar-refractivity contribution in [3.8, 4) is 5.75 Å². The Morgan fingerprint density at radius 2 is 1.58 bits per heavy atom. The Labute approximate surface area is 258 Å². The number of ether oxygens (including phenoxy) is 1. The van der Waals surface area contributed by atoms with Crippen molar-refractivity contribution < 1.29 is 47.6 Å². The van der Waals surface area contributed by atoms with E-state index in [4.69, 9.17) is 31.7 Å².